The van der Waals surface area contributed by atoms with Crippen LogP contribution in [0.25, 0.3) is 0 Å². The average Bonchev–Trinajstić information content (AvgIpc) is 3.39. The Morgan fingerprint density at radius 2 is 1.82 bits per heavy atom. The Balaban J connectivity index is 1.56. The highest BCUT2D eigenvalue weighted by Crippen LogP contribution is 2.48. The second kappa shape index (κ2) is 14.1. The summed E-state index contributed by atoms with van der Waals surface area (Å²) in [5.74, 6) is -1.21. The third-order valence-electron chi connectivity index (χ3n) is 5.95. The molecule has 1 fully saturated rings. The summed E-state index contributed by atoms with van der Waals surface area (Å²) in [4.78, 5) is 47.0. The molecule has 2 unspecified atom stereocenters. The molecule has 0 bridgehead atoms. The van der Waals surface area contributed by atoms with Gasteiger partial charge in [0.05, 0.1) is 6.04 Å². The molecule has 12 nitrogen and oxygen atoms in total. The van der Waals surface area contributed by atoms with Crippen LogP contribution in [0.3, 0.4) is 0 Å². The number of carbonyl (C=O) groups is 3. The van der Waals surface area contributed by atoms with Gasteiger partial charge in [-0.25, -0.2) is 4.79 Å². The first-order chi connectivity index (χ1) is 18.1. The van der Waals surface area contributed by atoms with E-state index < -0.39 is 37.0 Å². The lowest BCUT2D eigenvalue weighted by Gasteiger charge is -2.28. The van der Waals surface area contributed by atoms with E-state index in [2.05, 4.69) is 10.6 Å². The zero-order valence-corrected chi connectivity index (χ0v) is 23.3. The topological polar surface area (TPSA) is 145 Å². The molecule has 2 aliphatic rings. The zero-order valence-electron chi connectivity index (χ0n) is 20.8. The maximum absolute atomic E-state index is 12.2. The van der Waals surface area contributed by atoms with Crippen molar-refractivity contribution in [3.63, 3.8) is 0 Å². The van der Waals surface area contributed by atoms with E-state index >= 15 is 0 Å². The molecule has 2 amide bonds. The summed E-state index contributed by atoms with van der Waals surface area (Å²) in [5.41, 5.74) is 0.812. The fourth-order valence-electron chi connectivity index (χ4n) is 4.12. The Bertz CT molecular complexity index is 1070. The molecule has 0 aromatic heterocycles. The molecule has 1 aliphatic heterocycles. The molecule has 0 radical (unpaired) electrons. The van der Waals surface area contributed by atoms with Gasteiger partial charge in [0.2, 0.25) is 0 Å². The highest BCUT2D eigenvalue weighted by atomic mass is 32.5. The first-order valence-corrected chi connectivity index (χ1v) is 14.6. The van der Waals surface area contributed by atoms with E-state index in [0.717, 1.165) is 10.5 Å². The second-order valence-corrected chi connectivity index (χ2v) is 11.7. The minimum absolute atomic E-state index is 0.0564. The number of amides is 2. The van der Waals surface area contributed by atoms with E-state index in [1.54, 1.807) is 0 Å². The standard InChI is InChI=1S/C23H30N3O9PS2/c1-31-21-17(25-22(37)24-10-11-26-18(27)8-9-19(26)28)12-16(20(21)35-36(30,38)32-2)14-34-23(29)33-13-15-6-4-3-5-7-15/h3-9,16-17,20-21H,10-14H2,1-2H3,(H,30,38)(H2,24,25,37)/t16-,17+,20?,21-,36?/m1/s1. The highest BCUT2D eigenvalue weighted by molar-refractivity contribution is 8.07. The van der Waals surface area contributed by atoms with Gasteiger partial charge in [0, 0.05) is 45.4 Å². The number of hydrogen-bond donors (Lipinski definition) is 3. The quantitative estimate of drug-likeness (QED) is 0.140. The number of carbonyl (C=O) groups excluding carboxylic acids is 3. The molecule has 3 rings (SSSR count). The lowest BCUT2D eigenvalue weighted by molar-refractivity contribution is -0.136. The summed E-state index contributed by atoms with van der Waals surface area (Å²) in [6, 6.07) is 8.75. The number of rotatable bonds is 12. The van der Waals surface area contributed by atoms with Gasteiger partial charge in [-0.05, 0) is 36.0 Å². The van der Waals surface area contributed by atoms with Crippen LogP contribution in [0.1, 0.15) is 12.0 Å². The van der Waals surface area contributed by atoms with Crippen molar-refractivity contribution >= 4 is 53.8 Å². The smallest absolute Gasteiger partial charge is 0.434 e. The van der Waals surface area contributed by atoms with Gasteiger partial charge < -0.3 is 38.8 Å². The molecule has 1 heterocycles. The van der Waals surface area contributed by atoms with Crippen molar-refractivity contribution in [3.8, 4) is 0 Å². The summed E-state index contributed by atoms with van der Waals surface area (Å²) < 4.78 is 26.8. The first-order valence-electron chi connectivity index (χ1n) is 11.6. The molecule has 3 N–H and O–H groups in total. The van der Waals surface area contributed by atoms with Crippen LogP contribution in [-0.2, 0) is 51.3 Å². The molecule has 38 heavy (non-hydrogen) atoms. The number of nitrogens with zero attached hydrogens (tertiary/aromatic N) is 1. The number of hydrogen-bond acceptors (Lipinski definition) is 10. The Labute approximate surface area is 230 Å². The first kappa shape index (κ1) is 30.1. The van der Waals surface area contributed by atoms with Crippen molar-refractivity contribution in [2.45, 2.75) is 31.3 Å². The molecule has 5 atom stereocenters. The van der Waals surface area contributed by atoms with Crippen LogP contribution in [0.15, 0.2) is 42.5 Å². The molecular formula is C23H30N3O9PS2. The fourth-order valence-corrected chi connectivity index (χ4v) is 5.36. The number of nitrogens with one attached hydrogen (secondary N) is 2. The van der Waals surface area contributed by atoms with Gasteiger partial charge in [-0.3, -0.25) is 14.5 Å². The summed E-state index contributed by atoms with van der Waals surface area (Å²) in [5, 5.41) is 6.32. The molecule has 208 valence electrons. The molecule has 0 saturated heterocycles. The van der Waals surface area contributed by atoms with Crippen LogP contribution in [0, 0.1) is 5.92 Å². The lowest BCUT2D eigenvalue weighted by Crippen LogP contribution is -2.49. The van der Waals surface area contributed by atoms with Gasteiger partial charge in [0.15, 0.2) is 5.11 Å². The average molecular weight is 588 g/mol. The lowest BCUT2D eigenvalue weighted by atomic mass is 10.1. The van der Waals surface area contributed by atoms with Crippen LogP contribution in [-0.4, -0.2) is 85.0 Å². The highest BCUT2D eigenvalue weighted by Gasteiger charge is 2.47. The normalized spacial score (nSPS) is 24.2. The Hall–Kier alpha value is -2.45. The monoisotopic (exact) mass is 587 g/mol. The fraction of sp³-hybridized carbons (Fsp3) is 0.478. The maximum atomic E-state index is 12.2. The third kappa shape index (κ3) is 8.53. The van der Waals surface area contributed by atoms with Crippen molar-refractivity contribution in [1.29, 1.82) is 0 Å². The molecule has 1 aromatic rings. The molecule has 1 aromatic carbocycles. The number of ether oxygens (including phenoxy) is 3. The Morgan fingerprint density at radius 1 is 1.13 bits per heavy atom. The largest absolute Gasteiger partial charge is 0.508 e. The van der Waals surface area contributed by atoms with Crippen molar-refractivity contribution in [3.05, 3.63) is 48.0 Å². The Morgan fingerprint density at radius 3 is 2.45 bits per heavy atom. The summed E-state index contributed by atoms with van der Waals surface area (Å²) in [6.07, 6.45) is 0.518. The van der Waals surface area contributed by atoms with Crippen LogP contribution < -0.4 is 10.6 Å². The third-order valence-corrected chi connectivity index (χ3v) is 7.89. The van der Waals surface area contributed by atoms with Gasteiger partial charge in [-0.2, -0.15) is 0 Å². The molecule has 1 aliphatic carbocycles. The zero-order chi connectivity index (χ0) is 27.7. The number of thiocarbonyl (C=S) groups is 1. The summed E-state index contributed by atoms with van der Waals surface area (Å²) in [7, 11) is 2.71. The van der Waals surface area contributed by atoms with Gasteiger partial charge in [0.25, 0.3) is 11.8 Å². The maximum Gasteiger partial charge on any atom is 0.508 e. The molecule has 1 saturated carbocycles. The SMILES string of the molecule is CO[C@H]1C(OP(O)(=S)OC)[C@@H](COC(=O)OCc2ccccc2)C[C@@H]1NC(=S)NCCN1C(=O)C=CC1=O. The summed E-state index contributed by atoms with van der Waals surface area (Å²) >= 11 is 10.4. The van der Waals surface area contributed by atoms with Crippen molar-refractivity contribution < 1.29 is 42.5 Å². The predicted octanol–water partition coefficient (Wildman–Crippen LogP) is 1.38. The van der Waals surface area contributed by atoms with Crippen molar-refractivity contribution in [1.82, 2.24) is 15.5 Å². The van der Waals surface area contributed by atoms with Gasteiger partial charge in [-0.15, -0.1) is 0 Å². The van der Waals surface area contributed by atoms with Gasteiger partial charge in [-0.1, -0.05) is 30.3 Å². The van der Waals surface area contributed by atoms with Crippen LogP contribution in [0.2, 0.25) is 0 Å². The Kier molecular flexibility index (Phi) is 11.2. The van der Waals surface area contributed by atoms with E-state index in [1.807, 2.05) is 30.3 Å². The minimum Gasteiger partial charge on any atom is -0.434 e. The van der Waals surface area contributed by atoms with Gasteiger partial charge >= 0.3 is 12.9 Å². The molecular weight excluding hydrogens is 557 g/mol. The predicted molar refractivity (Wildman–Crippen MR) is 143 cm³/mol. The second-order valence-electron chi connectivity index (χ2n) is 8.42. The number of methoxy groups -OCH3 is 1. The minimum atomic E-state index is -3.58. The van der Waals surface area contributed by atoms with Gasteiger partial charge in [0.1, 0.15) is 25.4 Å². The van der Waals surface area contributed by atoms with Crippen LogP contribution >= 0.6 is 18.9 Å². The molecule has 0 spiro atoms. The van der Waals surface area contributed by atoms with Crippen LogP contribution in [0.4, 0.5) is 4.79 Å². The number of benzene rings is 1. The van der Waals surface area contributed by atoms with E-state index in [4.69, 9.17) is 47.3 Å². The van der Waals surface area contributed by atoms with Crippen molar-refractivity contribution in [2.75, 3.05) is 33.9 Å². The van der Waals surface area contributed by atoms with E-state index in [9.17, 15) is 19.3 Å². The summed E-state index contributed by atoms with van der Waals surface area (Å²) in [6.45, 7) is -3.25. The van der Waals surface area contributed by atoms with Crippen LogP contribution in [0.5, 0.6) is 0 Å². The van der Waals surface area contributed by atoms with Crippen molar-refractivity contribution in [2.24, 2.45) is 5.92 Å². The van der Waals surface area contributed by atoms with E-state index in [-0.39, 0.29) is 43.2 Å². The molecule has 15 heteroatoms. The van der Waals surface area contributed by atoms with E-state index in [1.165, 1.54) is 26.4 Å². The van der Waals surface area contributed by atoms with E-state index in [0.29, 0.717) is 6.42 Å². The number of imide groups is 1.